The smallest absolute Gasteiger partial charge is 0.270 e. The van der Waals surface area contributed by atoms with E-state index in [2.05, 4.69) is 22.4 Å². The van der Waals surface area contributed by atoms with E-state index in [9.17, 15) is 9.90 Å². The van der Waals surface area contributed by atoms with Crippen molar-refractivity contribution in [2.24, 2.45) is 5.92 Å². The van der Waals surface area contributed by atoms with Crippen LogP contribution in [0.1, 0.15) is 34.6 Å². The van der Waals surface area contributed by atoms with Crippen LogP contribution in [0.25, 0.3) is 0 Å². The van der Waals surface area contributed by atoms with E-state index < -0.39 is 0 Å². The SMILES string of the molecule is COCc1cccc(C(=O)N[C@@H](Cc2ccccc2)C2CC(O)C2)n1. The van der Waals surface area contributed by atoms with Gasteiger partial charge in [0.15, 0.2) is 0 Å². The maximum absolute atomic E-state index is 12.7. The average Bonchev–Trinajstić information content (AvgIpc) is 2.60. The van der Waals surface area contributed by atoms with E-state index in [0.717, 1.165) is 25.0 Å². The number of hydrogen-bond donors (Lipinski definition) is 2. The van der Waals surface area contributed by atoms with Crippen molar-refractivity contribution in [2.75, 3.05) is 7.11 Å². The minimum absolute atomic E-state index is 0.00817. The molecular formula is C20H24N2O3. The van der Waals surface area contributed by atoms with E-state index in [0.29, 0.717) is 18.2 Å². The predicted octanol–water partition coefficient (Wildman–Crippen LogP) is 2.34. The van der Waals surface area contributed by atoms with Gasteiger partial charge in [-0.3, -0.25) is 4.79 Å². The molecule has 0 radical (unpaired) electrons. The largest absolute Gasteiger partial charge is 0.393 e. The summed E-state index contributed by atoms with van der Waals surface area (Å²) in [7, 11) is 1.60. The van der Waals surface area contributed by atoms with E-state index in [1.54, 1.807) is 13.2 Å². The first kappa shape index (κ1) is 17.6. The van der Waals surface area contributed by atoms with Crippen LogP contribution in [0.4, 0.5) is 0 Å². The van der Waals surface area contributed by atoms with Crippen molar-refractivity contribution < 1.29 is 14.6 Å². The molecule has 0 bridgehead atoms. The molecule has 1 aromatic carbocycles. The molecule has 1 aliphatic carbocycles. The number of hydrogen-bond acceptors (Lipinski definition) is 4. The van der Waals surface area contributed by atoms with Crippen molar-refractivity contribution in [2.45, 2.75) is 38.0 Å². The molecule has 0 spiro atoms. The number of nitrogens with one attached hydrogen (secondary N) is 1. The zero-order valence-electron chi connectivity index (χ0n) is 14.4. The standard InChI is InChI=1S/C20H24N2O3/c1-25-13-16-8-5-9-18(21-16)20(24)22-19(15-11-17(23)12-15)10-14-6-3-2-4-7-14/h2-9,15,17,19,23H,10-13H2,1H3,(H,22,24)/t15?,17?,19-/m0/s1. The number of methoxy groups -OCH3 is 1. The summed E-state index contributed by atoms with van der Waals surface area (Å²) in [5.74, 6) is 0.113. The summed E-state index contributed by atoms with van der Waals surface area (Å²) in [6.45, 7) is 0.378. The van der Waals surface area contributed by atoms with Crippen LogP contribution in [0.15, 0.2) is 48.5 Å². The van der Waals surface area contributed by atoms with Crippen LogP contribution in [-0.2, 0) is 17.8 Å². The zero-order chi connectivity index (χ0) is 17.6. The highest BCUT2D eigenvalue weighted by atomic mass is 16.5. The number of aliphatic hydroxyl groups is 1. The van der Waals surface area contributed by atoms with Crippen LogP contribution in [-0.4, -0.2) is 35.3 Å². The van der Waals surface area contributed by atoms with Gasteiger partial charge < -0.3 is 15.2 Å². The fourth-order valence-corrected chi connectivity index (χ4v) is 3.24. The van der Waals surface area contributed by atoms with E-state index in [1.807, 2.05) is 30.3 Å². The Bertz CT molecular complexity index is 699. The fourth-order valence-electron chi connectivity index (χ4n) is 3.24. The second-order valence-electron chi connectivity index (χ2n) is 6.60. The highest BCUT2D eigenvalue weighted by Gasteiger charge is 2.35. The van der Waals surface area contributed by atoms with Gasteiger partial charge in [-0.25, -0.2) is 4.98 Å². The summed E-state index contributed by atoms with van der Waals surface area (Å²) >= 11 is 0. The lowest BCUT2D eigenvalue weighted by Crippen LogP contribution is -2.48. The molecule has 0 unspecified atom stereocenters. The zero-order valence-corrected chi connectivity index (χ0v) is 14.4. The van der Waals surface area contributed by atoms with Gasteiger partial charge in [-0.05, 0) is 42.9 Å². The van der Waals surface area contributed by atoms with E-state index in [4.69, 9.17) is 4.74 Å². The van der Waals surface area contributed by atoms with E-state index in [1.165, 1.54) is 5.56 Å². The Morgan fingerprint density at radius 3 is 2.68 bits per heavy atom. The first-order valence-corrected chi connectivity index (χ1v) is 8.63. The predicted molar refractivity (Wildman–Crippen MR) is 95.1 cm³/mol. The van der Waals surface area contributed by atoms with Crippen LogP contribution >= 0.6 is 0 Å². The molecule has 2 N–H and O–H groups in total. The molecule has 132 valence electrons. The molecule has 5 nitrogen and oxygen atoms in total. The summed E-state index contributed by atoms with van der Waals surface area (Å²) in [4.78, 5) is 17.0. The van der Waals surface area contributed by atoms with E-state index >= 15 is 0 Å². The fraction of sp³-hybridized carbons (Fsp3) is 0.400. The van der Waals surface area contributed by atoms with Crippen molar-refractivity contribution in [3.05, 3.63) is 65.5 Å². The first-order valence-electron chi connectivity index (χ1n) is 8.63. The molecule has 0 aliphatic heterocycles. The van der Waals surface area contributed by atoms with Gasteiger partial charge in [0.2, 0.25) is 0 Å². The van der Waals surface area contributed by atoms with Crippen molar-refractivity contribution in [3.8, 4) is 0 Å². The Balaban J connectivity index is 1.70. The molecule has 1 aliphatic rings. The third-order valence-electron chi connectivity index (χ3n) is 4.67. The minimum atomic E-state index is -0.247. The van der Waals surface area contributed by atoms with Crippen molar-refractivity contribution in [3.63, 3.8) is 0 Å². The number of carbonyl (C=O) groups is 1. The summed E-state index contributed by atoms with van der Waals surface area (Å²) < 4.78 is 5.08. The molecule has 2 aromatic rings. The highest BCUT2D eigenvalue weighted by molar-refractivity contribution is 5.92. The number of carbonyl (C=O) groups excluding carboxylic acids is 1. The summed E-state index contributed by atoms with van der Waals surface area (Å²) in [6.07, 6.45) is 1.97. The summed E-state index contributed by atoms with van der Waals surface area (Å²) in [5, 5.41) is 12.8. The quantitative estimate of drug-likeness (QED) is 0.811. The lowest BCUT2D eigenvalue weighted by atomic mass is 9.75. The lowest BCUT2D eigenvalue weighted by molar-refractivity contribution is 0.0238. The van der Waals surface area contributed by atoms with Crippen molar-refractivity contribution >= 4 is 5.91 Å². The van der Waals surface area contributed by atoms with Gasteiger partial charge in [-0.2, -0.15) is 0 Å². The van der Waals surface area contributed by atoms with Crippen LogP contribution in [0.2, 0.25) is 0 Å². The van der Waals surface area contributed by atoms with E-state index in [-0.39, 0.29) is 18.1 Å². The molecule has 25 heavy (non-hydrogen) atoms. The van der Waals surface area contributed by atoms with Crippen LogP contribution in [0, 0.1) is 5.92 Å². The highest BCUT2D eigenvalue weighted by Crippen LogP contribution is 2.31. The van der Waals surface area contributed by atoms with Crippen LogP contribution in [0.5, 0.6) is 0 Å². The first-order chi connectivity index (χ1) is 12.2. The number of amides is 1. The molecule has 5 heteroatoms. The molecule has 1 amide bonds. The monoisotopic (exact) mass is 340 g/mol. The van der Waals surface area contributed by atoms with Gasteiger partial charge in [0.1, 0.15) is 5.69 Å². The molecule has 0 saturated heterocycles. The van der Waals surface area contributed by atoms with Gasteiger partial charge >= 0.3 is 0 Å². The maximum Gasteiger partial charge on any atom is 0.270 e. The van der Waals surface area contributed by atoms with Gasteiger partial charge in [0.25, 0.3) is 5.91 Å². The van der Waals surface area contributed by atoms with Gasteiger partial charge in [-0.15, -0.1) is 0 Å². The third-order valence-corrected chi connectivity index (χ3v) is 4.67. The Kier molecular flexibility index (Phi) is 5.79. The number of rotatable bonds is 7. The molecule has 1 fully saturated rings. The molecule has 1 heterocycles. The number of benzene rings is 1. The second-order valence-corrected chi connectivity index (χ2v) is 6.60. The number of pyridine rings is 1. The van der Waals surface area contributed by atoms with Gasteiger partial charge in [-0.1, -0.05) is 36.4 Å². The lowest BCUT2D eigenvalue weighted by Gasteiger charge is -2.38. The minimum Gasteiger partial charge on any atom is -0.393 e. The number of aromatic nitrogens is 1. The Labute approximate surface area is 148 Å². The third kappa shape index (κ3) is 4.65. The number of ether oxygens (including phenoxy) is 1. The van der Waals surface area contributed by atoms with Gasteiger partial charge in [0, 0.05) is 13.2 Å². The molecule has 3 rings (SSSR count). The average molecular weight is 340 g/mol. The number of aliphatic hydroxyl groups excluding tert-OH is 1. The second kappa shape index (κ2) is 8.23. The number of nitrogens with zero attached hydrogens (tertiary/aromatic N) is 1. The normalized spacial score (nSPS) is 20.6. The molecule has 1 saturated carbocycles. The van der Waals surface area contributed by atoms with Crippen LogP contribution < -0.4 is 5.32 Å². The summed E-state index contributed by atoms with van der Waals surface area (Å²) in [6, 6.07) is 15.5. The van der Waals surface area contributed by atoms with Crippen LogP contribution in [0.3, 0.4) is 0 Å². The Morgan fingerprint density at radius 1 is 1.24 bits per heavy atom. The van der Waals surface area contributed by atoms with Crippen molar-refractivity contribution in [1.82, 2.24) is 10.3 Å². The van der Waals surface area contributed by atoms with Crippen molar-refractivity contribution in [1.29, 1.82) is 0 Å². The topological polar surface area (TPSA) is 71.5 Å². The van der Waals surface area contributed by atoms with Gasteiger partial charge in [0.05, 0.1) is 18.4 Å². The molecule has 1 aromatic heterocycles. The molecule has 1 atom stereocenters. The Hall–Kier alpha value is -2.24. The maximum atomic E-state index is 12.7. The molecular weight excluding hydrogens is 316 g/mol. The summed E-state index contributed by atoms with van der Waals surface area (Å²) in [5.41, 5.74) is 2.30. The Morgan fingerprint density at radius 2 is 2.00 bits per heavy atom.